The van der Waals surface area contributed by atoms with E-state index in [4.69, 9.17) is 0 Å². The second-order valence-electron chi connectivity index (χ2n) is 15.3. The molecule has 5 aliphatic rings. The van der Waals surface area contributed by atoms with Gasteiger partial charge in [-0.05, 0) is 122 Å². The van der Waals surface area contributed by atoms with Gasteiger partial charge in [0.2, 0.25) is 11.8 Å². The molecule has 0 aromatic carbocycles. The lowest BCUT2D eigenvalue weighted by Gasteiger charge is -2.36. The highest BCUT2D eigenvalue weighted by molar-refractivity contribution is 5.93. The lowest BCUT2D eigenvalue weighted by atomic mass is 9.68. The van der Waals surface area contributed by atoms with Crippen molar-refractivity contribution in [2.24, 2.45) is 23.2 Å². The highest BCUT2D eigenvalue weighted by atomic mass is 16.2. The van der Waals surface area contributed by atoms with E-state index in [0.717, 1.165) is 37.1 Å². The number of nitrogens with one attached hydrogen (secondary N) is 2. The van der Waals surface area contributed by atoms with Crippen LogP contribution in [-0.4, -0.2) is 73.0 Å². The predicted octanol–water partition coefficient (Wildman–Crippen LogP) is 7.06. The molecule has 4 saturated heterocycles. The SMILES string of the molecule is CC1=C[C@H](/C=C(C)/C=C/C=C(\C)C(=O)NC[C@@H]2CCN3CCC[C@@H]23)[C@@](C)(/C=C/C=C(C)/C=C/C(=O)NC[C@H]2CCN3CCC[C@H]23)CC1. The van der Waals surface area contributed by atoms with Crippen molar-refractivity contribution < 1.29 is 9.59 Å². The van der Waals surface area contributed by atoms with Gasteiger partial charge in [0.1, 0.15) is 0 Å². The first-order valence-corrected chi connectivity index (χ1v) is 18.4. The van der Waals surface area contributed by atoms with Gasteiger partial charge in [-0.2, -0.15) is 0 Å². The number of nitrogens with zero attached hydrogens (tertiary/aromatic N) is 2. The fourth-order valence-corrected chi connectivity index (χ4v) is 8.59. The molecular formula is C41H60N4O2. The van der Waals surface area contributed by atoms with Crippen molar-refractivity contribution in [1.82, 2.24) is 20.4 Å². The average molecular weight is 641 g/mol. The summed E-state index contributed by atoms with van der Waals surface area (Å²) < 4.78 is 0. The number of hydrogen-bond donors (Lipinski definition) is 2. The van der Waals surface area contributed by atoms with E-state index in [9.17, 15) is 9.59 Å². The number of carbonyl (C=O) groups excluding carboxylic acids is 2. The monoisotopic (exact) mass is 640 g/mol. The normalized spacial score (nSPS) is 32.5. The summed E-state index contributed by atoms with van der Waals surface area (Å²) in [6.07, 6.45) is 30.8. The number of allylic oxidation sites excluding steroid dienone is 12. The zero-order valence-electron chi connectivity index (χ0n) is 29.8. The Labute approximate surface area is 284 Å². The van der Waals surface area contributed by atoms with Gasteiger partial charge >= 0.3 is 0 Å². The molecule has 0 bridgehead atoms. The van der Waals surface area contributed by atoms with Gasteiger partial charge in [-0.15, -0.1) is 0 Å². The molecular weight excluding hydrogens is 580 g/mol. The molecule has 6 nitrogen and oxygen atoms in total. The van der Waals surface area contributed by atoms with E-state index in [1.54, 1.807) is 6.08 Å². The van der Waals surface area contributed by atoms with Gasteiger partial charge < -0.3 is 20.4 Å². The highest BCUT2D eigenvalue weighted by Crippen LogP contribution is 2.42. The molecule has 5 rings (SSSR count). The summed E-state index contributed by atoms with van der Waals surface area (Å²) in [6, 6.07) is 1.35. The Hall–Kier alpha value is -2.96. The van der Waals surface area contributed by atoms with Gasteiger partial charge in [-0.1, -0.05) is 78.3 Å². The third-order valence-corrected chi connectivity index (χ3v) is 11.7. The van der Waals surface area contributed by atoms with Crippen LogP contribution >= 0.6 is 0 Å². The molecule has 47 heavy (non-hydrogen) atoms. The minimum Gasteiger partial charge on any atom is -0.352 e. The number of carbonyl (C=O) groups is 2. The van der Waals surface area contributed by atoms with Crippen molar-refractivity contribution in [3.05, 3.63) is 83.1 Å². The summed E-state index contributed by atoms with van der Waals surface area (Å²) >= 11 is 0. The first-order chi connectivity index (χ1) is 22.6. The predicted molar refractivity (Wildman–Crippen MR) is 195 cm³/mol. The lowest BCUT2D eigenvalue weighted by molar-refractivity contribution is -0.118. The molecule has 256 valence electrons. The first-order valence-electron chi connectivity index (χ1n) is 18.4. The molecule has 6 heteroatoms. The van der Waals surface area contributed by atoms with Crippen LogP contribution < -0.4 is 10.6 Å². The van der Waals surface area contributed by atoms with Crippen LogP contribution in [0.25, 0.3) is 0 Å². The first kappa shape index (κ1) is 35.3. The molecule has 1 aliphatic carbocycles. The van der Waals surface area contributed by atoms with Crippen molar-refractivity contribution >= 4 is 11.8 Å². The van der Waals surface area contributed by atoms with Gasteiger partial charge in [0.15, 0.2) is 0 Å². The molecule has 0 saturated carbocycles. The molecule has 2 N–H and O–H groups in total. The molecule has 4 aliphatic heterocycles. The number of hydrogen-bond acceptors (Lipinski definition) is 4. The maximum absolute atomic E-state index is 12.8. The fraction of sp³-hybridized carbons (Fsp3) is 0.610. The van der Waals surface area contributed by atoms with E-state index in [0.29, 0.717) is 23.9 Å². The smallest absolute Gasteiger partial charge is 0.246 e. The van der Waals surface area contributed by atoms with Crippen LogP contribution in [0.5, 0.6) is 0 Å². The van der Waals surface area contributed by atoms with E-state index in [2.05, 4.69) is 84.6 Å². The number of fused-ring (bicyclic) bond motifs is 2. The van der Waals surface area contributed by atoms with E-state index in [1.165, 1.54) is 75.9 Å². The molecule has 4 heterocycles. The Morgan fingerprint density at radius 2 is 1.49 bits per heavy atom. The van der Waals surface area contributed by atoms with Crippen LogP contribution in [0.1, 0.15) is 86.0 Å². The average Bonchev–Trinajstić information content (AvgIpc) is 3.84. The maximum Gasteiger partial charge on any atom is 0.246 e. The third kappa shape index (κ3) is 9.57. The summed E-state index contributed by atoms with van der Waals surface area (Å²) in [4.78, 5) is 30.4. The van der Waals surface area contributed by atoms with Crippen molar-refractivity contribution in [2.75, 3.05) is 39.3 Å². The summed E-state index contributed by atoms with van der Waals surface area (Å²) in [5, 5.41) is 6.33. The maximum atomic E-state index is 12.8. The summed E-state index contributed by atoms with van der Waals surface area (Å²) in [5.41, 5.74) is 4.44. The van der Waals surface area contributed by atoms with E-state index >= 15 is 0 Å². The van der Waals surface area contributed by atoms with Crippen LogP contribution in [0.4, 0.5) is 0 Å². The minimum atomic E-state index is 0.00174. The molecule has 0 spiro atoms. The second-order valence-corrected chi connectivity index (χ2v) is 15.3. The Kier molecular flexibility index (Phi) is 12.4. The third-order valence-electron chi connectivity index (χ3n) is 11.7. The fourth-order valence-electron chi connectivity index (χ4n) is 8.59. The molecule has 0 aromatic heterocycles. The molecule has 6 atom stereocenters. The summed E-state index contributed by atoms with van der Waals surface area (Å²) in [5.74, 6) is 1.52. The highest BCUT2D eigenvalue weighted by Gasteiger charge is 2.38. The molecule has 0 radical (unpaired) electrons. The van der Waals surface area contributed by atoms with E-state index < -0.39 is 0 Å². The van der Waals surface area contributed by atoms with Crippen molar-refractivity contribution in [3.8, 4) is 0 Å². The second kappa shape index (κ2) is 16.4. The Morgan fingerprint density at radius 3 is 2.17 bits per heavy atom. The van der Waals surface area contributed by atoms with Gasteiger partial charge in [-0.25, -0.2) is 0 Å². The molecule has 0 aromatic rings. The lowest BCUT2D eigenvalue weighted by Crippen LogP contribution is -2.35. The Bertz CT molecular complexity index is 1350. The molecule has 4 fully saturated rings. The van der Waals surface area contributed by atoms with Crippen molar-refractivity contribution in [1.29, 1.82) is 0 Å². The van der Waals surface area contributed by atoms with Gasteiger partial charge in [0.05, 0.1) is 0 Å². The largest absolute Gasteiger partial charge is 0.352 e. The number of amides is 2. The van der Waals surface area contributed by atoms with Gasteiger partial charge in [-0.3, -0.25) is 9.59 Å². The van der Waals surface area contributed by atoms with Crippen LogP contribution in [0, 0.1) is 23.2 Å². The van der Waals surface area contributed by atoms with Gasteiger partial charge in [0, 0.05) is 42.7 Å². The Balaban J connectivity index is 1.10. The topological polar surface area (TPSA) is 64.7 Å². The van der Waals surface area contributed by atoms with Gasteiger partial charge in [0.25, 0.3) is 0 Å². The van der Waals surface area contributed by atoms with Crippen molar-refractivity contribution in [2.45, 2.75) is 98.1 Å². The van der Waals surface area contributed by atoms with E-state index in [-0.39, 0.29) is 23.1 Å². The van der Waals surface area contributed by atoms with Crippen molar-refractivity contribution in [3.63, 3.8) is 0 Å². The zero-order chi connectivity index (χ0) is 33.4. The molecule has 0 unspecified atom stereocenters. The standard InChI is InChI=1S/C41H60N4O2/c1-30(15-16-39(46)42-28-34-18-24-44-22-8-13-37(34)44)11-7-20-41(5)21-17-32(3)27-36(41)26-31(2)10-6-12-33(4)40(47)43-29-35-19-25-45-23-9-14-38(35)45/h6-7,10-12,15-16,20,26-27,34-38H,8-9,13-14,17-19,21-25,28-29H2,1-5H3,(H,42,46)(H,43,47)/b10-6+,16-15+,20-7+,30-11+,31-26+,33-12+/t34-,35+,36+,37-,38+,41+/m1/s1. The van der Waals surface area contributed by atoms with Crippen LogP contribution in [0.15, 0.2) is 83.1 Å². The minimum absolute atomic E-state index is 0.00174. The van der Waals surface area contributed by atoms with Crippen LogP contribution in [0.3, 0.4) is 0 Å². The van der Waals surface area contributed by atoms with Crippen LogP contribution in [0.2, 0.25) is 0 Å². The number of rotatable bonds is 12. The summed E-state index contributed by atoms with van der Waals surface area (Å²) in [6.45, 7) is 17.1. The molecule has 2 amide bonds. The zero-order valence-corrected chi connectivity index (χ0v) is 29.8. The Morgan fingerprint density at radius 1 is 0.830 bits per heavy atom. The summed E-state index contributed by atoms with van der Waals surface area (Å²) in [7, 11) is 0. The van der Waals surface area contributed by atoms with Crippen LogP contribution in [-0.2, 0) is 9.59 Å². The van der Waals surface area contributed by atoms with E-state index in [1.807, 2.05) is 25.2 Å². The quantitative estimate of drug-likeness (QED) is 0.136.